The molecule has 4 rings (SSSR count). The topological polar surface area (TPSA) is 67.3 Å². The van der Waals surface area contributed by atoms with Crippen LogP contribution in [0, 0.1) is 6.92 Å². The third-order valence-corrected chi connectivity index (χ3v) is 5.34. The lowest BCUT2D eigenvalue weighted by atomic mass is 10.2. The molecule has 2 N–H and O–H groups in total. The molecule has 0 spiro atoms. The van der Waals surface area contributed by atoms with Crippen molar-refractivity contribution in [2.45, 2.75) is 16.7 Å². The van der Waals surface area contributed by atoms with Crippen molar-refractivity contribution in [1.29, 1.82) is 0 Å². The van der Waals surface area contributed by atoms with Gasteiger partial charge in [-0.2, -0.15) is 4.98 Å². The van der Waals surface area contributed by atoms with Crippen LogP contribution >= 0.6 is 11.8 Å². The van der Waals surface area contributed by atoms with Gasteiger partial charge >= 0.3 is 0 Å². The Morgan fingerprint density at radius 1 is 0.964 bits per heavy atom. The van der Waals surface area contributed by atoms with Crippen molar-refractivity contribution < 1.29 is 9.84 Å². The van der Waals surface area contributed by atoms with E-state index >= 15 is 0 Å². The van der Waals surface area contributed by atoms with Gasteiger partial charge in [0, 0.05) is 27.4 Å². The van der Waals surface area contributed by atoms with Crippen molar-refractivity contribution in [3.8, 4) is 11.6 Å². The fourth-order valence-electron chi connectivity index (χ4n) is 2.85. The molecule has 0 aliphatic rings. The first-order chi connectivity index (χ1) is 13.6. The third-order valence-electron chi connectivity index (χ3n) is 4.26. The molecule has 0 bridgehead atoms. The highest BCUT2D eigenvalue weighted by Gasteiger charge is 2.10. The molecule has 0 saturated heterocycles. The van der Waals surface area contributed by atoms with Crippen LogP contribution in [0.5, 0.6) is 11.6 Å². The molecule has 0 amide bonds. The minimum Gasteiger partial charge on any atom is -0.508 e. The summed E-state index contributed by atoms with van der Waals surface area (Å²) in [6.45, 7) is 2.07. The van der Waals surface area contributed by atoms with E-state index in [1.165, 1.54) is 0 Å². The molecule has 5 nitrogen and oxygen atoms in total. The van der Waals surface area contributed by atoms with Crippen LogP contribution in [0.1, 0.15) is 5.56 Å². The van der Waals surface area contributed by atoms with E-state index in [1.54, 1.807) is 37.2 Å². The van der Waals surface area contributed by atoms with Crippen molar-refractivity contribution in [1.82, 2.24) is 9.97 Å². The van der Waals surface area contributed by atoms with E-state index in [9.17, 15) is 5.11 Å². The zero-order valence-electron chi connectivity index (χ0n) is 15.5. The van der Waals surface area contributed by atoms with Crippen LogP contribution in [0.15, 0.2) is 76.7 Å². The van der Waals surface area contributed by atoms with Crippen molar-refractivity contribution in [3.63, 3.8) is 0 Å². The molecule has 0 aliphatic heterocycles. The molecule has 28 heavy (non-hydrogen) atoms. The fourth-order valence-corrected chi connectivity index (χ4v) is 3.73. The van der Waals surface area contributed by atoms with Crippen LogP contribution in [-0.2, 0) is 0 Å². The Morgan fingerprint density at radius 2 is 1.79 bits per heavy atom. The molecule has 0 atom stereocenters. The number of aryl methyl sites for hydroxylation is 1. The second-order valence-corrected chi connectivity index (χ2v) is 7.42. The number of anilines is 2. The summed E-state index contributed by atoms with van der Waals surface area (Å²) in [7, 11) is 1.59. The Kier molecular flexibility index (Phi) is 5.04. The number of aromatic hydroxyl groups is 1. The molecular weight excluding hydrogens is 370 g/mol. The lowest BCUT2D eigenvalue weighted by Gasteiger charge is -2.14. The Bertz CT molecular complexity index is 1130. The molecule has 2 heterocycles. The summed E-state index contributed by atoms with van der Waals surface area (Å²) in [4.78, 5) is 10.9. The Labute approximate surface area is 167 Å². The van der Waals surface area contributed by atoms with E-state index < -0.39 is 0 Å². The van der Waals surface area contributed by atoms with Crippen LogP contribution in [0.2, 0.25) is 0 Å². The third kappa shape index (κ3) is 3.87. The van der Waals surface area contributed by atoms with Crippen LogP contribution in [0.3, 0.4) is 0 Å². The van der Waals surface area contributed by atoms with Gasteiger partial charge in [-0.25, -0.2) is 4.98 Å². The zero-order chi connectivity index (χ0) is 19.5. The number of hydrogen-bond donors (Lipinski definition) is 2. The summed E-state index contributed by atoms with van der Waals surface area (Å²) in [6, 6.07) is 19.2. The number of benzene rings is 2. The van der Waals surface area contributed by atoms with E-state index in [1.807, 2.05) is 30.3 Å². The van der Waals surface area contributed by atoms with Crippen molar-refractivity contribution in [3.05, 3.63) is 72.4 Å². The number of ether oxygens (including phenoxy) is 1. The maximum absolute atomic E-state index is 9.50. The molecule has 140 valence electrons. The molecule has 0 saturated carbocycles. The number of aromatic nitrogens is 2. The summed E-state index contributed by atoms with van der Waals surface area (Å²) in [5.74, 6) is 0.800. The lowest BCUT2D eigenvalue weighted by Crippen LogP contribution is -1.97. The first-order valence-corrected chi connectivity index (χ1v) is 9.58. The summed E-state index contributed by atoms with van der Waals surface area (Å²) in [6.07, 6.45) is 1.74. The average Bonchev–Trinajstić information content (AvgIpc) is 2.71. The average molecular weight is 389 g/mol. The number of rotatable bonds is 5. The second-order valence-electron chi connectivity index (χ2n) is 6.30. The number of hydrogen-bond acceptors (Lipinski definition) is 6. The van der Waals surface area contributed by atoms with Gasteiger partial charge in [0.15, 0.2) is 5.65 Å². The molecule has 0 unspecified atom stereocenters. The van der Waals surface area contributed by atoms with Gasteiger partial charge in [0.25, 0.3) is 0 Å². The summed E-state index contributed by atoms with van der Waals surface area (Å²) < 4.78 is 5.20. The Hall–Kier alpha value is -3.25. The number of phenolic OH excluding ortho intramolecular Hbond substituents is 1. The van der Waals surface area contributed by atoms with E-state index in [0.717, 1.165) is 32.1 Å². The van der Waals surface area contributed by atoms with Gasteiger partial charge in [0.2, 0.25) is 5.88 Å². The highest BCUT2D eigenvalue weighted by molar-refractivity contribution is 7.99. The largest absolute Gasteiger partial charge is 0.508 e. The standard InChI is InChI=1S/C22H19N3O2S/c1-14-3-9-20(28-16-6-4-15(26)5-7-16)19(13-14)24-18-11-12-23-22-17(18)8-10-21(25-22)27-2/h3-13,26H,1-2H3,(H,23,24,25). The highest BCUT2D eigenvalue weighted by atomic mass is 32.2. The molecule has 0 radical (unpaired) electrons. The predicted molar refractivity (Wildman–Crippen MR) is 113 cm³/mol. The van der Waals surface area contributed by atoms with Gasteiger partial charge in [-0.05, 0) is 61.0 Å². The zero-order valence-corrected chi connectivity index (χ0v) is 16.3. The van der Waals surface area contributed by atoms with Crippen molar-refractivity contribution >= 4 is 34.2 Å². The quantitative estimate of drug-likeness (QED) is 0.467. The molecule has 2 aromatic carbocycles. The van der Waals surface area contributed by atoms with E-state index in [0.29, 0.717) is 11.5 Å². The highest BCUT2D eigenvalue weighted by Crippen LogP contribution is 2.37. The van der Waals surface area contributed by atoms with E-state index in [2.05, 4.69) is 40.4 Å². The summed E-state index contributed by atoms with van der Waals surface area (Å²) in [5.41, 5.74) is 3.72. The molecule has 0 fully saturated rings. The van der Waals surface area contributed by atoms with E-state index in [-0.39, 0.29) is 5.75 Å². The number of fused-ring (bicyclic) bond motifs is 1. The van der Waals surface area contributed by atoms with Gasteiger partial charge in [0.05, 0.1) is 18.5 Å². The van der Waals surface area contributed by atoms with Crippen LogP contribution in [0.25, 0.3) is 11.0 Å². The normalized spacial score (nSPS) is 10.8. The van der Waals surface area contributed by atoms with Gasteiger partial charge < -0.3 is 15.2 Å². The SMILES string of the molecule is COc1ccc2c(Nc3cc(C)ccc3Sc3ccc(O)cc3)ccnc2n1. The van der Waals surface area contributed by atoms with Gasteiger partial charge in [-0.3, -0.25) is 0 Å². The molecule has 0 aliphatic carbocycles. The minimum atomic E-state index is 0.262. The van der Waals surface area contributed by atoms with Gasteiger partial charge in [-0.15, -0.1) is 0 Å². The molecule has 6 heteroatoms. The maximum atomic E-state index is 9.50. The predicted octanol–water partition coefficient (Wildman–Crippen LogP) is 5.55. The van der Waals surface area contributed by atoms with Crippen LogP contribution < -0.4 is 10.1 Å². The number of phenols is 1. The fraction of sp³-hybridized carbons (Fsp3) is 0.0909. The monoisotopic (exact) mass is 389 g/mol. The maximum Gasteiger partial charge on any atom is 0.215 e. The van der Waals surface area contributed by atoms with Gasteiger partial charge in [0.1, 0.15) is 5.75 Å². The number of methoxy groups -OCH3 is 1. The first kappa shape index (κ1) is 18.1. The van der Waals surface area contributed by atoms with Gasteiger partial charge in [-0.1, -0.05) is 17.8 Å². The van der Waals surface area contributed by atoms with Crippen molar-refractivity contribution in [2.75, 3.05) is 12.4 Å². The smallest absolute Gasteiger partial charge is 0.215 e. The van der Waals surface area contributed by atoms with Crippen LogP contribution in [0.4, 0.5) is 11.4 Å². The van der Waals surface area contributed by atoms with E-state index in [4.69, 9.17) is 4.74 Å². The molecule has 2 aromatic heterocycles. The second kappa shape index (κ2) is 7.78. The van der Waals surface area contributed by atoms with Crippen LogP contribution in [-0.4, -0.2) is 22.2 Å². The molecule has 4 aromatic rings. The number of nitrogens with one attached hydrogen (secondary N) is 1. The summed E-state index contributed by atoms with van der Waals surface area (Å²) >= 11 is 1.64. The Morgan fingerprint density at radius 3 is 2.57 bits per heavy atom. The lowest BCUT2D eigenvalue weighted by molar-refractivity contribution is 0.399. The Balaban J connectivity index is 1.70. The summed E-state index contributed by atoms with van der Waals surface area (Å²) in [5, 5.41) is 14.0. The number of nitrogens with zero attached hydrogens (tertiary/aromatic N) is 2. The van der Waals surface area contributed by atoms with Crippen molar-refractivity contribution in [2.24, 2.45) is 0 Å². The molecular formula is C22H19N3O2S. The minimum absolute atomic E-state index is 0.262. The first-order valence-electron chi connectivity index (χ1n) is 8.77. The number of pyridine rings is 2.